The fraction of sp³-hybridized carbons (Fsp3) is 0.250. The minimum Gasteiger partial charge on any atom is -0.494 e. The van der Waals surface area contributed by atoms with Crippen molar-refractivity contribution in [2.75, 3.05) is 24.7 Å². The maximum Gasteiger partial charge on any atom is 0.196 e. The van der Waals surface area contributed by atoms with E-state index >= 15 is 0 Å². The highest BCUT2D eigenvalue weighted by Gasteiger charge is 2.13. The number of anilines is 2. The normalized spacial score (nSPS) is 11.0. The van der Waals surface area contributed by atoms with Crippen molar-refractivity contribution in [2.45, 2.75) is 32.6 Å². The van der Waals surface area contributed by atoms with E-state index in [-0.39, 0.29) is 11.2 Å². The molecule has 0 spiro atoms. The highest BCUT2D eigenvalue weighted by Crippen LogP contribution is 2.28. The monoisotopic (exact) mass is 476 g/mol. The summed E-state index contributed by atoms with van der Waals surface area (Å²) in [5.74, 6) is 1.35. The summed E-state index contributed by atoms with van der Waals surface area (Å²) in [6.07, 6.45) is 3.78. The Bertz CT molecular complexity index is 1370. The van der Waals surface area contributed by atoms with Crippen molar-refractivity contribution in [3.63, 3.8) is 0 Å². The predicted octanol–water partition coefficient (Wildman–Crippen LogP) is 6.09. The van der Waals surface area contributed by atoms with Crippen molar-refractivity contribution in [3.8, 4) is 22.8 Å². The Hall–Kier alpha value is -4.00. The van der Waals surface area contributed by atoms with Crippen LogP contribution in [-0.4, -0.2) is 13.2 Å². The fourth-order valence-corrected chi connectivity index (χ4v) is 3.84. The predicted molar refractivity (Wildman–Crippen MR) is 137 cm³/mol. The number of fused-ring (bicyclic) bond motifs is 1. The summed E-state index contributed by atoms with van der Waals surface area (Å²) < 4.78 is 30.8. The number of benzene rings is 3. The minimum atomic E-state index is -0.340. The van der Waals surface area contributed by atoms with Crippen LogP contribution in [0.4, 0.5) is 15.8 Å². The molecule has 0 unspecified atom stereocenters. The maximum atomic E-state index is 13.3. The first kappa shape index (κ1) is 24.1. The van der Waals surface area contributed by atoms with Crippen molar-refractivity contribution in [2.24, 2.45) is 0 Å². The molecule has 7 heteroatoms. The van der Waals surface area contributed by atoms with Crippen molar-refractivity contribution in [1.82, 2.24) is 0 Å². The maximum absolute atomic E-state index is 13.3. The van der Waals surface area contributed by atoms with E-state index < -0.39 is 0 Å². The Labute approximate surface area is 203 Å². The molecule has 0 fully saturated rings. The zero-order valence-corrected chi connectivity index (χ0v) is 19.7. The van der Waals surface area contributed by atoms with Crippen LogP contribution in [0.15, 0.2) is 69.9 Å². The molecule has 0 aliphatic carbocycles. The van der Waals surface area contributed by atoms with Crippen molar-refractivity contribution in [1.29, 1.82) is 0 Å². The molecule has 4 N–H and O–H groups in total. The third-order valence-electron chi connectivity index (χ3n) is 5.80. The van der Waals surface area contributed by atoms with Gasteiger partial charge in [-0.3, -0.25) is 4.79 Å². The van der Waals surface area contributed by atoms with Gasteiger partial charge in [-0.05, 0) is 87.2 Å². The second-order valence-electron chi connectivity index (χ2n) is 8.46. The highest BCUT2D eigenvalue weighted by atomic mass is 19.1. The first-order chi connectivity index (χ1) is 16.9. The topological polar surface area (TPSA) is 101 Å². The summed E-state index contributed by atoms with van der Waals surface area (Å²) in [4.78, 5) is 12.9. The van der Waals surface area contributed by atoms with Gasteiger partial charge in [0.2, 0.25) is 0 Å². The molecule has 0 bridgehead atoms. The molecule has 1 aromatic heterocycles. The number of nitrogen functional groups attached to an aromatic ring is 2. The first-order valence-corrected chi connectivity index (χ1v) is 11.7. The van der Waals surface area contributed by atoms with Crippen molar-refractivity contribution < 1.29 is 18.3 Å². The molecular formula is C28H29FN2O4. The molecule has 3 aromatic carbocycles. The molecule has 4 rings (SSSR count). The van der Waals surface area contributed by atoms with Gasteiger partial charge in [0.05, 0.1) is 24.3 Å². The molecule has 0 amide bonds. The number of nitrogens with two attached hydrogens (primary N) is 2. The molecule has 0 saturated heterocycles. The van der Waals surface area contributed by atoms with Crippen molar-refractivity contribution >= 4 is 22.3 Å². The molecule has 0 saturated carbocycles. The zero-order valence-electron chi connectivity index (χ0n) is 19.7. The molecule has 0 aliphatic rings. The number of unbranched alkanes of at least 4 members (excludes halogenated alkanes) is 3. The van der Waals surface area contributed by atoms with E-state index in [1.807, 2.05) is 0 Å². The fourth-order valence-electron chi connectivity index (χ4n) is 3.84. The second-order valence-corrected chi connectivity index (χ2v) is 8.46. The lowest BCUT2D eigenvalue weighted by Crippen LogP contribution is -2.08. The van der Waals surface area contributed by atoms with E-state index in [2.05, 4.69) is 0 Å². The van der Waals surface area contributed by atoms with E-state index in [1.165, 1.54) is 12.1 Å². The van der Waals surface area contributed by atoms with Gasteiger partial charge >= 0.3 is 0 Å². The molecule has 0 radical (unpaired) electrons. The quantitative estimate of drug-likeness (QED) is 0.212. The van der Waals surface area contributed by atoms with Gasteiger partial charge in [0, 0.05) is 22.9 Å². The molecule has 1 heterocycles. The largest absolute Gasteiger partial charge is 0.494 e. The smallest absolute Gasteiger partial charge is 0.196 e. The van der Waals surface area contributed by atoms with Crippen LogP contribution in [0.25, 0.3) is 22.3 Å². The van der Waals surface area contributed by atoms with Gasteiger partial charge in [0.25, 0.3) is 0 Å². The second kappa shape index (κ2) is 11.0. The van der Waals surface area contributed by atoms with Gasteiger partial charge < -0.3 is 25.4 Å². The van der Waals surface area contributed by atoms with Crippen LogP contribution in [0.5, 0.6) is 11.5 Å². The van der Waals surface area contributed by atoms with E-state index in [1.54, 1.807) is 55.5 Å². The van der Waals surface area contributed by atoms with Gasteiger partial charge in [-0.15, -0.1) is 0 Å². The van der Waals surface area contributed by atoms with Crippen LogP contribution < -0.4 is 26.4 Å². The van der Waals surface area contributed by atoms with E-state index in [9.17, 15) is 9.18 Å². The van der Waals surface area contributed by atoms with Gasteiger partial charge in [-0.25, -0.2) is 4.39 Å². The van der Waals surface area contributed by atoms with Gasteiger partial charge in [0.15, 0.2) is 5.43 Å². The standard InChI is InChI=1S/C28H29FN2O4/c1-18-27(32)23-17-22(11-13-25(23)35-28(18)19-6-8-20(29)9-7-19)33-14-4-2-3-5-15-34-26-16-21(30)10-12-24(26)31/h6-13,16-17H,2-5,14-15,30-31H2,1H3. The summed E-state index contributed by atoms with van der Waals surface area (Å²) in [5, 5.41) is 0.462. The number of ether oxygens (including phenoxy) is 2. The lowest BCUT2D eigenvalue weighted by molar-refractivity contribution is 0.288. The van der Waals surface area contributed by atoms with Gasteiger partial charge in [-0.2, -0.15) is 0 Å². The molecule has 35 heavy (non-hydrogen) atoms. The molecule has 0 atom stereocenters. The van der Waals surface area contributed by atoms with E-state index in [0.717, 1.165) is 25.7 Å². The van der Waals surface area contributed by atoms with Gasteiger partial charge in [-0.1, -0.05) is 0 Å². The third-order valence-corrected chi connectivity index (χ3v) is 5.80. The Morgan fingerprint density at radius 2 is 1.57 bits per heavy atom. The molecule has 0 aliphatic heterocycles. The lowest BCUT2D eigenvalue weighted by Gasteiger charge is -2.10. The molecule has 182 valence electrons. The number of hydrogen-bond acceptors (Lipinski definition) is 6. The highest BCUT2D eigenvalue weighted by molar-refractivity contribution is 5.81. The van der Waals surface area contributed by atoms with Crippen LogP contribution in [0.3, 0.4) is 0 Å². The van der Waals surface area contributed by atoms with E-state index in [4.69, 9.17) is 25.4 Å². The number of rotatable bonds is 10. The molecule has 4 aromatic rings. The molecular weight excluding hydrogens is 447 g/mol. The summed E-state index contributed by atoms with van der Waals surface area (Å²) in [6.45, 7) is 2.84. The Balaban J connectivity index is 1.27. The zero-order chi connectivity index (χ0) is 24.8. The average molecular weight is 477 g/mol. The Morgan fingerprint density at radius 1 is 0.857 bits per heavy atom. The van der Waals surface area contributed by atoms with Crippen LogP contribution in [0.2, 0.25) is 0 Å². The summed E-state index contributed by atoms with van der Waals surface area (Å²) in [6, 6.07) is 16.4. The van der Waals surface area contributed by atoms with Crippen LogP contribution >= 0.6 is 0 Å². The summed E-state index contributed by atoms with van der Waals surface area (Å²) in [7, 11) is 0. The lowest BCUT2D eigenvalue weighted by atomic mass is 10.1. The SMILES string of the molecule is Cc1c(-c2ccc(F)cc2)oc2ccc(OCCCCCCOc3cc(N)ccc3N)cc2c1=O. The van der Waals surface area contributed by atoms with Crippen LogP contribution in [-0.2, 0) is 0 Å². The third kappa shape index (κ3) is 5.93. The van der Waals surface area contributed by atoms with Crippen molar-refractivity contribution in [3.05, 3.63) is 82.3 Å². The summed E-state index contributed by atoms with van der Waals surface area (Å²) >= 11 is 0. The number of hydrogen-bond donors (Lipinski definition) is 2. The minimum absolute atomic E-state index is 0.128. The molecule has 6 nitrogen and oxygen atoms in total. The van der Waals surface area contributed by atoms with Crippen LogP contribution in [0, 0.1) is 12.7 Å². The average Bonchev–Trinajstić information content (AvgIpc) is 2.86. The van der Waals surface area contributed by atoms with Crippen LogP contribution in [0.1, 0.15) is 31.2 Å². The van der Waals surface area contributed by atoms with Gasteiger partial charge in [0.1, 0.15) is 28.7 Å². The van der Waals surface area contributed by atoms with E-state index in [0.29, 0.717) is 63.9 Å². The summed E-state index contributed by atoms with van der Waals surface area (Å²) in [5.41, 5.74) is 14.3. The number of halogens is 1. The Morgan fingerprint density at radius 3 is 2.31 bits per heavy atom. The first-order valence-electron chi connectivity index (χ1n) is 11.7. The Kier molecular flexibility index (Phi) is 7.55.